The normalized spacial score (nSPS) is 10.5. The number of hydrogen-bond donors (Lipinski definition) is 0. The zero-order valence-electron chi connectivity index (χ0n) is 8.51. The van der Waals surface area contributed by atoms with Crippen molar-refractivity contribution in [3.8, 4) is 5.69 Å². The van der Waals surface area contributed by atoms with Crippen molar-refractivity contribution in [3.05, 3.63) is 51.3 Å². The molecule has 17 heavy (non-hydrogen) atoms. The Kier molecular flexibility index (Phi) is 3.31. The third-order valence-electron chi connectivity index (χ3n) is 2.16. The van der Waals surface area contributed by atoms with Gasteiger partial charge in [-0.15, -0.1) is 11.6 Å². The number of benzene rings is 1. The van der Waals surface area contributed by atoms with E-state index in [9.17, 15) is 10.1 Å². The highest BCUT2D eigenvalue weighted by atomic mass is 35.5. The van der Waals surface area contributed by atoms with E-state index in [1.807, 2.05) is 0 Å². The first kappa shape index (κ1) is 11.9. The molecule has 1 heterocycles. The fourth-order valence-electron chi connectivity index (χ4n) is 1.40. The average Bonchev–Trinajstić information content (AvgIpc) is 2.77. The Labute approximate surface area is 107 Å². The molecule has 0 unspecified atom stereocenters. The van der Waals surface area contributed by atoms with Crippen LogP contribution in [0.25, 0.3) is 5.69 Å². The summed E-state index contributed by atoms with van der Waals surface area (Å²) in [6, 6.07) is 6.11. The van der Waals surface area contributed by atoms with Crippen LogP contribution in [0.15, 0.2) is 30.5 Å². The lowest BCUT2D eigenvalue weighted by Gasteiger charge is -2.03. The smallest absolute Gasteiger partial charge is 0.258 e. The predicted octanol–water partition coefficient (Wildman–Crippen LogP) is 3.17. The molecule has 0 bridgehead atoms. The SMILES string of the molecule is O=[N+]([O-])c1cc(Cl)ccc1-n1ccc(CCl)n1. The summed E-state index contributed by atoms with van der Waals surface area (Å²) in [4.78, 5) is 10.4. The Hall–Kier alpha value is -1.59. The summed E-state index contributed by atoms with van der Waals surface area (Å²) in [5, 5.41) is 15.3. The zero-order chi connectivity index (χ0) is 12.4. The Balaban J connectivity index is 2.54. The van der Waals surface area contributed by atoms with Crippen molar-refractivity contribution in [2.75, 3.05) is 0 Å². The summed E-state index contributed by atoms with van der Waals surface area (Å²) >= 11 is 11.4. The standard InChI is InChI=1S/C10H7Cl2N3O2/c11-6-8-3-4-14(13-8)9-2-1-7(12)5-10(9)15(16)17/h1-5H,6H2. The van der Waals surface area contributed by atoms with Crippen LogP contribution in [0.4, 0.5) is 5.69 Å². The van der Waals surface area contributed by atoms with Crippen LogP contribution in [0.1, 0.15) is 5.69 Å². The molecule has 0 amide bonds. The van der Waals surface area contributed by atoms with Crippen LogP contribution < -0.4 is 0 Å². The maximum atomic E-state index is 10.9. The van der Waals surface area contributed by atoms with Gasteiger partial charge in [0.25, 0.3) is 5.69 Å². The van der Waals surface area contributed by atoms with E-state index in [1.165, 1.54) is 10.7 Å². The molecular weight excluding hydrogens is 265 g/mol. The van der Waals surface area contributed by atoms with Gasteiger partial charge in [-0.25, -0.2) is 4.68 Å². The first-order valence-electron chi connectivity index (χ1n) is 4.66. The molecule has 1 aromatic heterocycles. The molecule has 5 nitrogen and oxygen atoms in total. The molecule has 0 atom stereocenters. The second-order valence-electron chi connectivity index (χ2n) is 3.28. The van der Waals surface area contributed by atoms with E-state index in [-0.39, 0.29) is 11.6 Å². The minimum absolute atomic E-state index is 0.0956. The summed E-state index contributed by atoms with van der Waals surface area (Å²) in [7, 11) is 0. The third-order valence-corrected chi connectivity index (χ3v) is 2.67. The molecule has 0 aliphatic heterocycles. The number of hydrogen-bond acceptors (Lipinski definition) is 3. The summed E-state index contributed by atoms with van der Waals surface area (Å²) in [5.74, 6) is 0.258. The molecule has 0 spiro atoms. The van der Waals surface area contributed by atoms with E-state index < -0.39 is 4.92 Å². The predicted molar refractivity (Wildman–Crippen MR) is 64.8 cm³/mol. The van der Waals surface area contributed by atoms with Gasteiger partial charge in [-0.05, 0) is 18.2 Å². The molecule has 0 radical (unpaired) electrons. The van der Waals surface area contributed by atoms with Crippen molar-refractivity contribution in [1.29, 1.82) is 0 Å². The molecule has 0 saturated carbocycles. The maximum Gasteiger partial charge on any atom is 0.296 e. The van der Waals surface area contributed by atoms with E-state index >= 15 is 0 Å². The molecule has 0 fully saturated rings. The molecule has 1 aromatic carbocycles. The van der Waals surface area contributed by atoms with E-state index in [1.54, 1.807) is 24.4 Å². The first-order chi connectivity index (χ1) is 8.11. The molecule has 0 saturated heterocycles. The third kappa shape index (κ3) is 2.40. The minimum Gasteiger partial charge on any atom is -0.258 e. The number of halogens is 2. The van der Waals surface area contributed by atoms with Crippen molar-refractivity contribution in [3.63, 3.8) is 0 Å². The second-order valence-corrected chi connectivity index (χ2v) is 3.98. The second kappa shape index (κ2) is 4.73. The van der Waals surface area contributed by atoms with Crippen molar-refractivity contribution < 1.29 is 4.92 Å². The monoisotopic (exact) mass is 271 g/mol. The fourth-order valence-corrected chi connectivity index (χ4v) is 1.71. The van der Waals surface area contributed by atoms with Crippen LogP contribution in [0.5, 0.6) is 0 Å². The lowest BCUT2D eigenvalue weighted by Crippen LogP contribution is -2.01. The highest BCUT2D eigenvalue weighted by Crippen LogP contribution is 2.26. The van der Waals surface area contributed by atoms with Crippen LogP contribution in [0.2, 0.25) is 5.02 Å². The van der Waals surface area contributed by atoms with E-state index in [0.717, 1.165) is 0 Å². The molecule has 2 aromatic rings. The Morgan fingerprint density at radius 2 is 2.18 bits per heavy atom. The van der Waals surface area contributed by atoms with Crippen LogP contribution in [-0.4, -0.2) is 14.7 Å². The van der Waals surface area contributed by atoms with Gasteiger partial charge in [-0.1, -0.05) is 11.6 Å². The quantitative estimate of drug-likeness (QED) is 0.489. The topological polar surface area (TPSA) is 61.0 Å². The van der Waals surface area contributed by atoms with Gasteiger partial charge in [0, 0.05) is 17.3 Å². The number of nitro groups is 1. The van der Waals surface area contributed by atoms with Crippen molar-refractivity contribution in [2.24, 2.45) is 0 Å². The van der Waals surface area contributed by atoms with E-state index in [4.69, 9.17) is 23.2 Å². The molecule has 2 rings (SSSR count). The lowest BCUT2D eigenvalue weighted by molar-refractivity contribution is -0.384. The van der Waals surface area contributed by atoms with Gasteiger partial charge < -0.3 is 0 Å². The Morgan fingerprint density at radius 3 is 2.76 bits per heavy atom. The van der Waals surface area contributed by atoms with Gasteiger partial charge in [-0.2, -0.15) is 5.10 Å². The van der Waals surface area contributed by atoms with Gasteiger partial charge in [0.1, 0.15) is 5.69 Å². The van der Waals surface area contributed by atoms with Gasteiger partial charge in [0.05, 0.1) is 16.5 Å². The van der Waals surface area contributed by atoms with Crippen molar-refractivity contribution >= 4 is 28.9 Å². The van der Waals surface area contributed by atoms with Crippen molar-refractivity contribution in [1.82, 2.24) is 9.78 Å². The fraction of sp³-hybridized carbons (Fsp3) is 0.100. The molecule has 0 N–H and O–H groups in total. The average molecular weight is 272 g/mol. The van der Waals surface area contributed by atoms with Gasteiger partial charge in [0.15, 0.2) is 0 Å². The zero-order valence-corrected chi connectivity index (χ0v) is 10.0. The maximum absolute atomic E-state index is 10.9. The molecule has 0 aliphatic carbocycles. The number of nitro benzene ring substituents is 1. The van der Waals surface area contributed by atoms with Crippen molar-refractivity contribution in [2.45, 2.75) is 5.88 Å². The molecular formula is C10H7Cl2N3O2. The number of nitrogens with zero attached hydrogens (tertiary/aromatic N) is 3. The highest BCUT2D eigenvalue weighted by Gasteiger charge is 2.16. The van der Waals surface area contributed by atoms with Crippen LogP contribution in [0, 0.1) is 10.1 Å². The van der Waals surface area contributed by atoms with E-state index in [0.29, 0.717) is 16.4 Å². The minimum atomic E-state index is -0.497. The molecule has 88 valence electrons. The van der Waals surface area contributed by atoms with Gasteiger partial charge >= 0.3 is 0 Å². The van der Waals surface area contributed by atoms with Crippen LogP contribution in [0.3, 0.4) is 0 Å². The lowest BCUT2D eigenvalue weighted by atomic mass is 10.3. The first-order valence-corrected chi connectivity index (χ1v) is 5.58. The number of alkyl halides is 1. The largest absolute Gasteiger partial charge is 0.296 e. The summed E-state index contributed by atoms with van der Waals surface area (Å²) < 4.78 is 1.41. The Bertz CT molecular complexity index is 568. The summed E-state index contributed by atoms with van der Waals surface area (Å²) in [6.45, 7) is 0. The molecule has 0 aliphatic rings. The van der Waals surface area contributed by atoms with Gasteiger partial charge in [0.2, 0.25) is 0 Å². The molecule has 7 heteroatoms. The van der Waals surface area contributed by atoms with E-state index in [2.05, 4.69) is 5.10 Å². The highest BCUT2D eigenvalue weighted by molar-refractivity contribution is 6.30. The summed E-state index contributed by atoms with van der Waals surface area (Å²) in [6.07, 6.45) is 1.62. The van der Waals surface area contributed by atoms with Gasteiger partial charge in [-0.3, -0.25) is 10.1 Å². The van der Waals surface area contributed by atoms with Crippen LogP contribution >= 0.6 is 23.2 Å². The Morgan fingerprint density at radius 1 is 1.41 bits per heavy atom. The number of rotatable bonds is 3. The number of aromatic nitrogens is 2. The summed E-state index contributed by atoms with van der Waals surface area (Å²) in [5.41, 5.74) is 0.911. The van der Waals surface area contributed by atoms with Crippen LogP contribution in [-0.2, 0) is 5.88 Å².